The Morgan fingerprint density at radius 1 is 1.32 bits per heavy atom. The van der Waals surface area contributed by atoms with E-state index in [1.807, 2.05) is 24.3 Å². The molecule has 0 aliphatic carbocycles. The maximum absolute atomic E-state index is 11.9. The molecule has 7 heteroatoms. The number of thiazole rings is 1. The van der Waals surface area contributed by atoms with Crippen molar-refractivity contribution >= 4 is 34.0 Å². The SMILES string of the molecule is O=C(Cn1cccn1)Nc1ncc(Cc2ccccc2Cl)s1. The largest absolute Gasteiger partial charge is 0.300 e. The van der Waals surface area contributed by atoms with Gasteiger partial charge in [-0.1, -0.05) is 29.8 Å². The molecule has 0 aliphatic heterocycles. The van der Waals surface area contributed by atoms with E-state index in [1.165, 1.54) is 11.3 Å². The van der Waals surface area contributed by atoms with Gasteiger partial charge in [-0.15, -0.1) is 11.3 Å². The minimum atomic E-state index is -0.151. The third-order valence-electron chi connectivity index (χ3n) is 2.99. The third-order valence-corrected chi connectivity index (χ3v) is 4.27. The maximum atomic E-state index is 11.9. The summed E-state index contributed by atoms with van der Waals surface area (Å²) in [6.07, 6.45) is 5.84. The molecule has 5 nitrogen and oxygen atoms in total. The Labute approximate surface area is 136 Å². The molecule has 2 heterocycles. The molecular weight excluding hydrogens is 320 g/mol. The number of benzene rings is 1. The molecule has 3 aromatic rings. The van der Waals surface area contributed by atoms with Crippen LogP contribution in [0.4, 0.5) is 5.13 Å². The molecule has 0 bridgehead atoms. The first kappa shape index (κ1) is 14.7. The summed E-state index contributed by atoms with van der Waals surface area (Å²) in [4.78, 5) is 17.1. The Balaban J connectivity index is 1.61. The molecule has 112 valence electrons. The van der Waals surface area contributed by atoms with Gasteiger partial charge in [0.2, 0.25) is 5.91 Å². The molecule has 3 rings (SSSR count). The van der Waals surface area contributed by atoms with Gasteiger partial charge in [0.15, 0.2) is 5.13 Å². The van der Waals surface area contributed by atoms with Crippen molar-refractivity contribution in [1.29, 1.82) is 0 Å². The van der Waals surface area contributed by atoms with Gasteiger partial charge in [-0.25, -0.2) is 4.98 Å². The number of hydrogen-bond acceptors (Lipinski definition) is 4. The van der Waals surface area contributed by atoms with Crippen molar-refractivity contribution in [1.82, 2.24) is 14.8 Å². The summed E-state index contributed by atoms with van der Waals surface area (Å²) in [5, 5.41) is 8.09. The highest BCUT2D eigenvalue weighted by Gasteiger charge is 2.09. The van der Waals surface area contributed by atoms with Crippen LogP contribution in [0, 0.1) is 0 Å². The van der Waals surface area contributed by atoms with Gasteiger partial charge in [-0.05, 0) is 17.7 Å². The fourth-order valence-electron chi connectivity index (χ4n) is 1.98. The van der Waals surface area contributed by atoms with E-state index in [0.29, 0.717) is 11.6 Å². The van der Waals surface area contributed by atoms with Crippen LogP contribution in [-0.2, 0) is 17.8 Å². The van der Waals surface area contributed by atoms with E-state index in [9.17, 15) is 4.79 Å². The first-order chi connectivity index (χ1) is 10.7. The maximum Gasteiger partial charge on any atom is 0.247 e. The lowest BCUT2D eigenvalue weighted by atomic mass is 10.1. The molecule has 0 spiro atoms. The summed E-state index contributed by atoms with van der Waals surface area (Å²) >= 11 is 7.60. The van der Waals surface area contributed by atoms with E-state index in [-0.39, 0.29) is 12.5 Å². The number of nitrogens with one attached hydrogen (secondary N) is 1. The van der Waals surface area contributed by atoms with Crippen LogP contribution in [0.15, 0.2) is 48.9 Å². The second-order valence-corrected chi connectivity index (χ2v) is 6.17. The number of aromatic nitrogens is 3. The minimum absolute atomic E-state index is 0.151. The van der Waals surface area contributed by atoms with Crippen LogP contribution in [-0.4, -0.2) is 20.7 Å². The zero-order chi connectivity index (χ0) is 15.4. The number of anilines is 1. The zero-order valence-electron chi connectivity index (χ0n) is 11.6. The average Bonchev–Trinajstić information content (AvgIpc) is 3.14. The highest BCUT2D eigenvalue weighted by atomic mass is 35.5. The molecule has 0 radical (unpaired) electrons. The first-order valence-electron chi connectivity index (χ1n) is 6.66. The summed E-state index contributed by atoms with van der Waals surface area (Å²) in [5.74, 6) is -0.151. The predicted molar refractivity (Wildman–Crippen MR) is 87.2 cm³/mol. The van der Waals surface area contributed by atoms with Crippen LogP contribution in [0.1, 0.15) is 10.4 Å². The number of nitrogens with zero attached hydrogens (tertiary/aromatic N) is 3. The Kier molecular flexibility index (Phi) is 4.50. The molecule has 0 saturated heterocycles. The van der Waals surface area contributed by atoms with Gasteiger partial charge in [-0.3, -0.25) is 9.48 Å². The second kappa shape index (κ2) is 6.72. The topological polar surface area (TPSA) is 59.8 Å². The fraction of sp³-hybridized carbons (Fsp3) is 0.133. The summed E-state index contributed by atoms with van der Waals surface area (Å²) < 4.78 is 1.56. The number of carbonyl (C=O) groups excluding carboxylic acids is 1. The van der Waals surface area contributed by atoms with Crippen LogP contribution in [0.2, 0.25) is 5.02 Å². The Morgan fingerprint density at radius 2 is 2.18 bits per heavy atom. The van der Waals surface area contributed by atoms with E-state index < -0.39 is 0 Å². The van der Waals surface area contributed by atoms with Crippen molar-refractivity contribution < 1.29 is 4.79 Å². The molecule has 2 aromatic heterocycles. The van der Waals surface area contributed by atoms with Gasteiger partial charge in [-0.2, -0.15) is 5.10 Å². The van der Waals surface area contributed by atoms with Crippen molar-refractivity contribution in [2.45, 2.75) is 13.0 Å². The van der Waals surface area contributed by atoms with Crippen molar-refractivity contribution in [3.63, 3.8) is 0 Å². The Bertz CT molecular complexity index is 769. The van der Waals surface area contributed by atoms with Crippen LogP contribution in [0.5, 0.6) is 0 Å². The van der Waals surface area contributed by atoms with Gasteiger partial charge >= 0.3 is 0 Å². The molecule has 0 saturated carbocycles. The van der Waals surface area contributed by atoms with Gasteiger partial charge in [0.25, 0.3) is 0 Å². The summed E-state index contributed by atoms with van der Waals surface area (Å²) in [6, 6.07) is 9.48. The second-order valence-electron chi connectivity index (χ2n) is 4.65. The van der Waals surface area contributed by atoms with E-state index in [4.69, 9.17) is 11.6 Å². The molecule has 1 amide bonds. The van der Waals surface area contributed by atoms with E-state index in [2.05, 4.69) is 15.4 Å². The van der Waals surface area contributed by atoms with Crippen LogP contribution in [0.25, 0.3) is 0 Å². The van der Waals surface area contributed by atoms with Gasteiger partial charge in [0, 0.05) is 34.9 Å². The van der Waals surface area contributed by atoms with E-state index in [1.54, 1.807) is 29.3 Å². The lowest BCUT2D eigenvalue weighted by Gasteiger charge is -2.02. The number of halogens is 1. The molecule has 22 heavy (non-hydrogen) atoms. The molecule has 0 aliphatic rings. The standard InChI is InChI=1S/C15H13ClN4OS/c16-13-5-2-1-4-11(13)8-12-9-17-15(22-12)19-14(21)10-20-7-3-6-18-20/h1-7,9H,8,10H2,(H,17,19,21). The first-order valence-corrected chi connectivity index (χ1v) is 7.85. The van der Waals surface area contributed by atoms with Crippen LogP contribution < -0.4 is 5.32 Å². The highest BCUT2D eigenvalue weighted by Crippen LogP contribution is 2.24. The lowest BCUT2D eigenvalue weighted by molar-refractivity contribution is -0.116. The van der Waals surface area contributed by atoms with Crippen LogP contribution in [0.3, 0.4) is 0 Å². The van der Waals surface area contributed by atoms with Gasteiger partial charge < -0.3 is 5.32 Å². The molecule has 0 unspecified atom stereocenters. The number of carbonyl (C=O) groups is 1. The minimum Gasteiger partial charge on any atom is -0.300 e. The number of hydrogen-bond donors (Lipinski definition) is 1. The summed E-state index contributed by atoms with van der Waals surface area (Å²) in [6.45, 7) is 0.173. The molecule has 0 atom stereocenters. The van der Waals surface area contributed by atoms with Crippen molar-refractivity contribution in [2.75, 3.05) is 5.32 Å². The highest BCUT2D eigenvalue weighted by molar-refractivity contribution is 7.15. The van der Waals surface area contributed by atoms with E-state index in [0.717, 1.165) is 15.5 Å². The Hall–Kier alpha value is -2.18. The molecule has 0 fully saturated rings. The lowest BCUT2D eigenvalue weighted by Crippen LogP contribution is -2.18. The van der Waals surface area contributed by atoms with Crippen molar-refractivity contribution in [3.8, 4) is 0 Å². The third kappa shape index (κ3) is 3.72. The average molecular weight is 333 g/mol. The van der Waals surface area contributed by atoms with Gasteiger partial charge in [0.05, 0.1) is 0 Å². The number of rotatable bonds is 5. The Morgan fingerprint density at radius 3 is 2.95 bits per heavy atom. The monoisotopic (exact) mass is 332 g/mol. The summed E-state index contributed by atoms with van der Waals surface area (Å²) in [7, 11) is 0. The molecule has 1 N–H and O–H groups in total. The normalized spacial score (nSPS) is 10.6. The smallest absolute Gasteiger partial charge is 0.247 e. The molecular formula is C15H13ClN4OS. The number of amides is 1. The van der Waals surface area contributed by atoms with Gasteiger partial charge in [0.1, 0.15) is 6.54 Å². The quantitative estimate of drug-likeness (QED) is 0.780. The van der Waals surface area contributed by atoms with Crippen LogP contribution >= 0.6 is 22.9 Å². The van der Waals surface area contributed by atoms with E-state index >= 15 is 0 Å². The molecule has 1 aromatic carbocycles. The van der Waals surface area contributed by atoms with Crippen molar-refractivity contribution in [3.05, 3.63) is 64.4 Å². The predicted octanol–water partition coefficient (Wildman–Crippen LogP) is 3.22. The summed E-state index contributed by atoms with van der Waals surface area (Å²) in [5.41, 5.74) is 1.04. The fourth-order valence-corrected chi connectivity index (χ4v) is 3.03. The van der Waals surface area contributed by atoms with Crippen molar-refractivity contribution in [2.24, 2.45) is 0 Å². The zero-order valence-corrected chi connectivity index (χ0v) is 13.1.